The Labute approximate surface area is 140 Å². The van der Waals surface area contributed by atoms with Gasteiger partial charge in [-0.15, -0.1) is 11.8 Å². The number of nitrogens with zero attached hydrogens (tertiary/aromatic N) is 2. The van der Waals surface area contributed by atoms with Gasteiger partial charge in [-0.3, -0.25) is 0 Å². The lowest BCUT2D eigenvalue weighted by Crippen LogP contribution is -2.27. The Hall–Kier alpha value is -1.38. The van der Waals surface area contributed by atoms with Crippen LogP contribution >= 0.6 is 11.8 Å². The number of amidine groups is 1. The van der Waals surface area contributed by atoms with E-state index in [-0.39, 0.29) is 11.5 Å². The fourth-order valence-corrected chi connectivity index (χ4v) is 2.67. The minimum atomic E-state index is -4.42. The lowest BCUT2D eigenvalue weighted by molar-refractivity contribution is -0.122. The Bertz CT molecular complexity index is 605. The first-order chi connectivity index (χ1) is 10.8. The van der Waals surface area contributed by atoms with Gasteiger partial charge >= 0.3 is 12.4 Å². The molecule has 0 amide bonds. The molecular formula is C15H18F6N2S. The van der Waals surface area contributed by atoms with E-state index < -0.39 is 24.5 Å². The van der Waals surface area contributed by atoms with Crippen LogP contribution in [0.3, 0.4) is 0 Å². The normalized spacial score (nSPS) is 13.3. The molecule has 9 heteroatoms. The Kier molecular flexibility index (Phi) is 6.60. The van der Waals surface area contributed by atoms with Crippen molar-refractivity contribution in [2.75, 3.05) is 19.8 Å². The van der Waals surface area contributed by atoms with Crippen LogP contribution < -0.4 is 0 Å². The summed E-state index contributed by atoms with van der Waals surface area (Å²) in [5.41, 5.74) is 1.46. The molecule has 0 saturated carbocycles. The molecule has 136 valence electrons. The number of hydrogen-bond acceptors (Lipinski definition) is 2. The predicted molar refractivity (Wildman–Crippen MR) is 84.1 cm³/mol. The first-order valence-electron chi connectivity index (χ1n) is 6.91. The summed E-state index contributed by atoms with van der Waals surface area (Å²) in [6.07, 6.45) is -9.95. The second-order valence-corrected chi connectivity index (χ2v) is 6.54. The number of hydrogen-bond donors (Lipinski definition) is 0. The molecule has 0 aliphatic carbocycles. The number of aliphatic imine (C=N–C) groups is 1. The van der Waals surface area contributed by atoms with Crippen molar-refractivity contribution in [3.63, 3.8) is 0 Å². The molecule has 0 aliphatic rings. The van der Waals surface area contributed by atoms with Crippen molar-refractivity contribution in [3.8, 4) is 0 Å². The topological polar surface area (TPSA) is 15.6 Å². The third kappa shape index (κ3) is 7.02. The van der Waals surface area contributed by atoms with E-state index in [1.165, 1.54) is 25.1 Å². The standard InChI is InChI=1S/C15H18F6N2S/c1-9-5-10(2)12(24-8-15(19,20)21)6-11(9)22-13(23(3)4)7-14(16,17)18/h5-6H,7-8H2,1-4H3/b22-13-. The van der Waals surface area contributed by atoms with Crippen molar-refractivity contribution in [2.24, 2.45) is 4.99 Å². The minimum Gasteiger partial charge on any atom is -0.366 e. The van der Waals surface area contributed by atoms with Gasteiger partial charge in [-0.05, 0) is 31.0 Å². The van der Waals surface area contributed by atoms with Crippen molar-refractivity contribution in [3.05, 3.63) is 23.3 Å². The summed E-state index contributed by atoms with van der Waals surface area (Å²) >= 11 is 0.595. The van der Waals surface area contributed by atoms with Crippen molar-refractivity contribution in [1.29, 1.82) is 0 Å². The molecule has 24 heavy (non-hydrogen) atoms. The monoisotopic (exact) mass is 372 g/mol. The third-order valence-electron chi connectivity index (χ3n) is 3.01. The number of halogens is 6. The van der Waals surface area contributed by atoms with Gasteiger partial charge in [0, 0.05) is 19.0 Å². The summed E-state index contributed by atoms with van der Waals surface area (Å²) < 4.78 is 75.0. The van der Waals surface area contributed by atoms with E-state index in [0.29, 0.717) is 27.8 Å². The van der Waals surface area contributed by atoms with Gasteiger partial charge in [-0.2, -0.15) is 26.3 Å². The third-order valence-corrected chi connectivity index (χ3v) is 4.23. The highest BCUT2D eigenvalue weighted by Gasteiger charge is 2.31. The predicted octanol–water partition coefficient (Wildman–Crippen LogP) is 5.50. The van der Waals surface area contributed by atoms with E-state index in [1.54, 1.807) is 19.9 Å². The molecule has 0 spiro atoms. The van der Waals surface area contributed by atoms with Gasteiger partial charge in [-0.25, -0.2) is 4.99 Å². The molecule has 2 nitrogen and oxygen atoms in total. The summed E-state index contributed by atoms with van der Waals surface area (Å²) in [6, 6.07) is 3.03. The number of rotatable bonds is 4. The summed E-state index contributed by atoms with van der Waals surface area (Å²) in [6.45, 7) is 3.31. The van der Waals surface area contributed by atoms with E-state index in [0.717, 1.165) is 0 Å². The van der Waals surface area contributed by atoms with Gasteiger partial charge in [0.2, 0.25) is 0 Å². The molecule has 0 aromatic heterocycles. The molecule has 0 atom stereocenters. The zero-order chi connectivity index (χ0) is 18.7. The number of thioether (sulfide) groups is 1. The van der Waals surface area contributed by atoms with E-state index in [1.807, 2.05) is 0 Å². The molecule has 0 fully saturated rings. The molecule has 0 unspecified atom stereocenters. The van der Waals surface area contributed by atoms with Gasteiger partial charge in [0.25, 0.3) is 0 Å². The molecule has 1 aromatic carbocycles. The Morgan fingerprint density at radius 3 is 2.04 bits per heavy atom. The molecule has 1 rings (SSSR count). The second kappa shape index (κ2) is 7.67. The van der Waals surface area contributed by atoms with Crippen LogP contribution in [0.4, 0.5) is 32.0 Å². The average molecular weight is 372 g/mol. The highest BCUT2D eigenvalue weighted by atomic mass is 32.2. The lowest BCUT2D eigenvalue weighted by Gasteiger charge is -2.18. The fourth-order valence-electron chi connectivity index (χ4n) is 1.87. The van der Waals surface area contributed by atoms with Crippen molar-refractivity contribution >= 4 is 23.3 Å². The molecule has 0 saturated heterocycles. The van der Waals surface area contributed by atoms with Crippen molar-refractivity contribution < 1.29 is 26.3 Å². The van der Waals surface area contributed by atoms with E-state index in [9.17, 15) is 26.3 Å². The molecule has 0 bridgehead atoms. The Balaban J connectivity index is 3.19. The van der Waals surface area contributed by atoms with Crippen molar-refractivity contribution in [2.45, 2.75) is 37.5 Å². The maximum absolute atomic E-state index is 12.6. The molecule has 1 aromatic rings. The van der Waals surface area contributed by atoms with Gasteiger partial charge < -0.3 is 4.90 Å². The van der Waals surface area contributed by atoms with Crippen LogP contribution in [0, 0.1) is 13.8 Å². The molecule has 0 aliphatic heterocycles. The largest absolute Gasteiger partial charge is 0.398 e. The maximum atomic E-state index is 12.6. The minimum absolute atomic E-state index is 0.207. The summed E-state index contributed by atoms with van der Waals surface area (Å²) in [5.74, 6) is -1.27. The summed E-state index contributed by atoms with van der Waals surface area (Å²) in [5, 5.41) is 0. The molecule has 0 radical (unpaired) electrons. The number of alkyl halides is 6. The summed E-state index contributed by atoms with van der Waals surface area (Å²) in [4.78, 5) is 5.61. The number of benzene rings is 1. The van der Waals surface area contributed by atoms with E-state index in [2.05, 4.69) is 4.99 Å². The summed E-state index contributed by atoms with van der Waals surface area (Å²) in [7, 11) is 2.88. The van der Waals surface area contributed by atoms with Crippen LogP contribution in [-0.4, -0.2) is 42.9 Å². The van der Waals surface area contributed by atoms with Crippen LogP contribution in [0.2, 0.25) is 0 Å². The smallest absolute Gasteiger partial charge is 0.366 e. The Morgan fingerprint density at radius 1 is 1.00 bits per heavy atom. The van der Waals surface area contributed by atoms with Crippen LogP contribution in [0.5, 0.6) is 0 Å². The SMILES string of the molecule is Cc1cc(C)c(SCC(F)(F)F)cc1/N=C(/CC(F)(F)F)N(C)C. The lowest BCUT2D eigenvalue weighted by atomic mass is 10.1. The molecule has 0 heterocycles. The van der Waals surface area contributed by atoms with Crippen molar-refractivity contribution in [1.82, 2.24) is 4.90 Å². The average Bonchev–Trinajstić information content (AvgIpc) is 2.36. The van der Waals surface area contributed by atoms with Gasteiger partial charge in [0.1, 0.15) is 12.3 Å². The highest BCUT2D eigenvalue weighted by Crippen LogP contribution is 2.34. The Morgan fingerprint density at radius 2 is 1.58 bits per heavy atom. The van der Waals surface area contributed by atoms with Crippen LogP contribution in [0.1, 0.15) is 17.5 Å². The van der Waals surface area contributed by atoms with Gasteiger partial charge in [0.05, 0.1) is 11.4 Å². The fraction of sp³-hybridized carbons (Fsp3) is 0.533. The van der Waals surface area contributed by atoms with E-state index >= 15 is 0 Å². The zero-order valence-corrected chi connectivity index (χ0v) is 14.5. The van der Waals surface area contributed by atoms with Gasteiger partial charge in [0.15, 0.2) is 0 Å². The maximum Gasteiger partial charge on any atom is 0.398 e. The second-order valence-electron chi connectivity index (χ2n) is 5.52. The van der Waals surface area contributed by atoms with Crippen LogP contribution in [0.15, 0.2) is 22.0 Å². The van der Waals surface area contributed by atoms with Crippen LogP contribution in [0.25, 0.3) is 0 Å². The molecular weight excluding hydrogens is 354 g/mol. The quantitative estimate of drug-likeness (QED) is 0.300. The first kappa shape index (κ1) is 20.7. The first-order valence-corrected chi connectivity index (χ1v) is 7.89. The van der Waals surface area contributed by atoms with Crippen LogP contribution in [-0.2, 0) is 0 Å². The van der Waals surface area contributed by atoms with E-state index in [4.69, 9.17) is 0 Å². The number of aryl methyl sites for hydroxylation is 2. The van der Waals surface area contributed by atoms with Gasteiger partial charge in [-0.1, -0.05) is 6.07 Å². The zero-order valence-electron chi connectivity index (χ0n) is 13.6. The highest BCUT2D eigenvalue weighted by molar-refractivity contribution is 7.99. The molecule has 0 N–H and O–H groups in total.